The third-order valence-corrected chi connectivity index (χ3v) is 2.89. The van der Waals surface area contributed by atoms with Gasteiger partial charge in [0.05, 0.1) is 0 Å². The monoisotopic (exact) mass is 568 g/mol. The molecule has 0 atom stereocenters. The standard InChI is InChI=1S/C8H11.C5H6.2C4H9.2CH3.Fe.Pt/c1-3-8-6-4-5-7(8)2;1-2-4-5-3-1;2*1-3-4-2;;;;/h3-4,6H,5H2,1-2H3;1-4H,5H2;2*1,3-4H2,2H3;2*1H3;;/q-1;;4*-1;+2;. The predicted molar refractivity (Wildman–Crippen MR) is 113 cm³/mol. The molecule has 154 valence electrons. The van der Waals surface area contributed by atoms with E-state index in [0.29, 0.717) is 0 Å². The Bertz CT molecular complexity index is 307. The first-order valence-corrected chi connectivity index (χ1v) is 8.23. The van der Waals surface area contributed by atoms with E-state index in [2.05, 4.69) is 84.4 Å². The van der Waals surface area contributed by atoms with E-state index in [-0.39, 0.29) is 53.0 Å². The molecule has 25 heavy (non-hydrogen) atoms. The first-order valence-electron chi connectivity index (χ1n) is 8.23. The Morgan fingerprint density at radius 1 is 0.960 bits per heavy atom. The maximum Gasteiger partial charge on any atom is 2.00 e. The first kappa shape index (κ1) is 39.9. The normalized spacial score (nSPS) is 11.6. The maximum atomic E-state index is 3.60. The van der Waals surface area contributed by atoms with E-state index in [1.54, 1.807) is 0 Å². The zero-order valence-electron chi connectivity index (χ0n) is 17.4. The molecule has 0 N–H and O–H groups in total. The van der Waals surface area contributed by atoms with Gasteiger partial charge in [-0.3, -0.25) is 0 Å². The van der Waals surface area contributed by atoms with E-state index in [4.69, 9.17) is 0 Å². The molecule has 0 aromatic rings. The Kier molecular flexibility index (Phi) is 56.2. The van der Waals surface area contributed by atoms with Gasteiger partial charge in [-0.05, 0) is 6.42 Å². The number of allylic oxidation sites excluding steroid dienone is 8. The van der Waals surface area contributed by atoms with Crippen LogP contribution in [0.15, 0.2) is 47.6 Å². The fourth-order valence-corrected chi connectivity index (χ4v) is 1.36. The van der Waals surface area contributed by atoms with Gasteiger partial charge in [-0.2, -0.15) is 36.5 Å². The molecule has 2 aliphatic rings. The van der Waals surface area contributed by atoms with E-state index in [1.165, 1.54) is 24.0 Å². The summed E-state index contributed by atoms with van der Waals surface area (Å²) in [4.78, 5) is 0. The smallest absolute Gasteiger partial charge is 0.358 e. The quantitative estimate of drug-likeness (QED) is 0.238. The van der Waals surface area contributed by atoms with Gasteiger partial charge in [-0.25, -0.2) is 0 Å². The van der Waals surface area contributed by atoms with Crippen molar-refractivity contribution in [1.29, 1.82) is 0 Å². The maximum absolute atomic E-state index is 3.60. The molecule has 0 aliphatic heterocycles. The van der Waals surface area contributed by atoms with Gasteiger partial charge in [0.25, 0.3) is 0 Å². The van der Waals surface area contributed by atoms with E-state index < -0.39 is 0 Å². The summed E-state index contributed by atoms with van der Waals surface area (Å²) < 4.78 is 0. The van der Waals surface area contributed by atoms with Gasteiger partial charge in [0.15, 0.2) is 0 Å². The van der Waals surface area contributed by atoms with Crippen molar-refractivity contribution in [2.45, 2.75) is 66.2 Å². The molecule has 2 heteroatoms. The average Bonchev–Trinajstić information content (AvgIpc) is 3.22. The van der Waals surface area contributed by atoms with Crippen LogP contribution in [-0.4, -0.2) is 0 Å². The fraction of sp³-hybridized carbons (Fsp3) is 0.435. The summed E-state index contributed by atoms with van der Waals surface area (Å²) in [6.07, 6.45) is 21.7. The van der Waals surface area contributed by atoms with Gasteiger partial charge in [-0.15, -0.1) is 6.08 Å². The van der Waals surface area contributed by atoms with Gasteiger partial charge in [0.1, 0.15) is 0 Å². The second kappa shape index (κ2) is 35.2. The number of unbranched alkanes of at least 4 members (excludes halogenated alkanes) is 2. The molecule has 0 amide bonds. The molecule has 0 nitrogen and oxygen atoms in total. The summed E-state index contributed by atoms with van der Waals surface area (Å²) in [6, 6.07) is 0. The molecule has 0 radical (unpaired) electrons. The predicted octanol–water partition coefficient (Wildman–Crippen LogP) is 8.13. The number of hydrogen-bond donors (Lipinski definition) is 0. The molecule has 2 rings (SSSR count). The largest absolute Gasteiger partial charge is 2.00 e. The SMILES string of the molecule is C1=CCC=C1.C[CH-]C1=C(C)CC=C1.[CH2-]CCC.[CH2-]CCC.[CH3-].[CH3-].[Fe+2].[Pt]. The molecule has 0 heterocycles. The van der Waals surface area contributed by atoms with Crippen LogP contribution < -0.4 is 0 Å². The minimum absolute atomic E-state index is 0. The van der Waals surface area contributed by atoms with Crippen LogP contribution in [0.4, 0.5) is 0 Å². The second-order valence-corrected chi connectivity index (χ2v) is 4.93. The van der Waals surface area contributed by atoms with Crippen molar-refractivity contribution in [3.8, 4) is 0 Å². The molecule has 0 bridgehead atoms. The minimum atomic E-state index is 0. The van der Waals surface area contributed by atoms with Crippen molar-refractivity contribution in [2.24, 2.45) is 0 Å². The minimum Gasteiger partial charge on any atom is -0.358 e. The van der Waals surface area contributed by atoms with Crippen LogP contribution >= 0.6 is 0 Å². The second-order valence-electron chi connectivity index (χ2n) is 4.93. The van der Waals surface area contributed by atoms with Gasteiger partial charge >= 0.3 is 17.1 Å². The van der Waals surface area contributed by atoms with Gasteiger partial charge in [0, 0.05) is 21.1 Å². The number of rotatable bonds is 3. The third-order valence-electron chi connectivity index (χ3n) is 2.89. The topological polar surface area (TPSA) is 0 Å². The molecule has 0 spiro atoms. The van der Waals surface area contributed by atoms with Gasteiger partial charge in [0.2, 0.25) is 0 Å². The van der Waals surface area contributed by atoms with Crippen molar-refractivity contribution in [3.63, 3.8) is 0 Å². The summed E-state index contributed by atoms with van der Waals surface area (Å²) in [7, 11) is 0. The zero-order chi connectivity index (χ0) is 16.3. The molecule has 2 aliphatic carbocycles. The molecule has 0 saturated heterocycles. The molecule has 0 aromatic carbocycles. The van der Waals surface area contributed by atoms with Crippen LogP contribution in [0.5, 0.6) is 0 Å². The average molecular weight is 569 g/mol. The summed E-state index contributed by atoms with van der Waals surface area (Å²) in [5, 5.41) is 0. The van der Waals surface area contributed by atoms with Crippen LogP contribution in [0.1, 0.15) is 66.2 Å². The Morgan fingerprint density at radius 3 is 1.48 bits per heavy atom. The Morgan fingerprint density at radius 2 is 1.36 bits per heavy atom. The van der Waals surface area contributed by atoms with Crippen LogP contribution in [0.25, 0.3) is 0 Å². The van der Waals surface area contributed by atoms with Crippen LogP contribution in [0, 0.1) is 35.1 Å². The first-order chi connectivity index (χ1) is 10.2. The van der Waals surface area contributed by atoms with Crippen molar-refractivity contribution in [3.05, 3.63) is 82.7 Å². The molecule has 0 fully saturated rings. The van der Waals surface area contributed by atoms with E-state index in [9.17, 15) is 0 Å². The molecular weight excluding hydrogens is 527 g/mol. The third kappa shape index (κ3) is 32.2. The summed E-state index contributed by atoms with van der Waals surface area (Å²) in [6.45, 7) is 15.7. The Labute approximate surface area is 186 Å². The van der Waals surface area contributed by atoms with E-state index >= 15 is 0 Å². The van der Waals surface area contributed by atoms with E-state index in [0.717, 1.165) is 25.7 Å². The zero-order valence-corrected chi connectivity index (χ0v) is 20.7. The van der Waals surface area contributed by atoms with Gasteiger partial charge < -0.3 is 28.7 Å². The van der Waals surface area contributed by atoms with Crippen LogP contribution in [0.2, 0.25) is 0 Å². The molecule has 0 unspecified atom stereocenters. The Balaban J connectivity index is -0.0000000478. The number of hydrogen-bond acceptors (Lipinski definition) is 0. The fourth-order valence-electron chi connectivity index (χ4n) is 1.36. The van der Waals surface area contributed by atoms with Crippen molar-refractivity contribution in [1.82, 2.24) is 0 Å². The molecular formula is C23H41FePt-3. The summed E-state index contributed by atoms with van der Waals surface area (Å²) in [5.74, 6) is 0. The molecule has 0 aromatic heterocycles. The summed E-state index contributed by atoms with van der Waals surface area (Å²) in [5.41, 5.74) is 2.90. The van der Waals surface area contributed by atoms with Crippen molar-refractivity contribution >= 4 is 0 Å². The van der Waals surface area contributed by atoms with Crippen LogP contribution in [0.3, 0.4) is 0 Å². The van der Waals surface area contributed by atoms with E-state index in [1.807, 2.05) is 0 Å². The van der Waals surface area contributed by atoms with Crippen molar-refractivity contribution in [2.75, 3.05) is 0 Å². The Hall–Kier alpha value is 0.0378. The summed E-state index contributed by atoms with van der Waals surface area (Å²) >= 11 is 0. The van der Waals surface area contributed by atoms with Crippen molar-refractivity contribution < 1.29 is 38.1 Å². The molecule has 0 saturated carbocycles. The van der Waals surface area contributed by atoms with Crippen LogP contribution in [-0.2, 0) is 38.1 Å². The van der Waals surface area contributed by atoms with Gasteiger partial charge in [-0.1, -0.05) is 71.3 Å².